The predicted molar refractivity (Wildman–Crippen MR) is 51.6 cm³/mol. The molecule has 0 aromatic carbocycles. The van der Waals surface area contributed by atoms with Crippen LogP contribution in [0.25, 0.3) is 5.70 Å². The monoisotopic (exact) mass is 202 g/mol. The summed E-state index contributed by atoms with van der Waals surface area (Å²) in [4.78, 5) is 21.6. The Morgan fingerprint density at radius 1 is 1.60 bits per heavy atom. The average molecular weight is 202 g/mol. The van der Waals surface area contributed by atoms with Gasteiger partial charge in [0.1, 0.15) is 17.3 Å². The SMILES string of the molecule is N#C/C(C(N)=O)=C1/NC=Nc2nc[nH]c21. The van der Waals surface area contributed by atoms with Gasteiger partial charge in [-0.05, 0) is 0 Å². The van der Waals surface area contributed by atoms with Gasteiger partial charge in [-0.25, -0.2) is 9.98 Å². The zero-order valence-corrected chi connectivity index (χ0v) is 7.48. The largest absolute Gasteiger partial charge is 0.365 e. The van der Waals surface area contributed by atoms with E-state index in [1.54, 1.807) is 6.07 Å². The van der Waals surface area contributed by atoms with Gasteiger partial charge in [-0.3, -0.25) is 4.79 Å². The van der Waals surface area contributed by atoms with Crippen LogP contribution in [0.4, 0.5) is 5.82 Å². The highest BCUT2D eigenvalue weighted by atomic mass is 16.1. The summed E-state index contributed by atoms with van der Waals surface area (Å²) in [5, 5.41) is 11.5. The smallest absolute Gasteiger partial charge is 0.261 e. The lowest BCUT2D eigenvalue weighted by molar-refractivity contribution is -0.114. The maximum absolute atomic E-state index is 11.0. The van der Waals surface area contributed by atoms with E-state index in [2.05, 4.69) is 20.3 Å². The summed E-state index contributed by atoms with van der Waals surface area (Å²) in [5.74, 6) is -0.381. The number of carbonyl (C=O) groups is 1. The Kier molecular flexibility index (Phi) is 1.95. The lowest BCUT2D eigenvalue weighted by Crippen LogP contribution is -2.22. The van der Waals surface area contributed by atoms with Crippen molar-refractivity contribution in [3.05, 3.63) is 17.6 Å². The van der Waals surface area contributed by atoms with Crippen molar-refractivity contribution < 1.29 is 4.79 Å². The number of rotatable bonds is 1. The summed E-state index contributed by atoms with van der Waals surface area (Å²) < 4.78 is 0. The number of hydrogen-bond donors (Lipinski definition) is 3. The molecule has 0 saturated carbocycles. The minimum absolute atomic E-state index is 0.161. The Balaban J connectivity index is 2.63. The van der Waals surface area contributed by atoms with Crippen molar-refractivity contribution in [3.8, 4) is 6.07 Å². The molecule has 0 atom stereocenters. The van der Waals surface area contributed by atoms with Crippen molar-refractivity contribution in [2.24, 2.45) is 10.7 Å². The van der Waals surface area contributed by atoms with Crippen molar-refractivity contribution in [1.82, 2.24) is 15.3 Å². The fourth-order valence-electron chi connectivity index (χ4n) is 1.23. The number of hydrogen-bond acceptors (Lipinski definition) is 5. The number of H-pyrrole nitrogens is 1. The first-order valence-electron chi connectivity index (χ1n) is 4.01. The van der Waals surface area contributed by atoms with Gasteiger partial charge in [0.2, 0.25) is 0 Å². The van der Waals surface area contributed by atoms with E-state index in [4.69, 9.17) is 11.0 Å². The lowest BCUT2D eigenvalue weighted by Gasteiger charge is -2.10. The molecule has 0 spiro atoms. The predicted octanol–water partition coefficient (Wildman–Crippen LogP) is -0.607. The van der Waals surface area contributed by atoms with Crippen LogP contribution in [-0.2, 0) is 4.79 Å². The van der Waals surface area contributed by atoms with E-state index < -0.39 is 5.91 Å². The van der Waals surface area contributed by atoms with Gasteiger partial charge in [-0.2, -0.15) is 5.26 Å². The molecule has 0 radical (unpaired) electrons. The summed E-state index contributed by atoms with van der Waals surface area (Å²) >= 11 is 0. The minimum Gasteiger partial charge on any atom is -0.365 e. The van der Waals surface area contributed by atoms with E-state index in [9.17, 15) is 4.79 Å². The Labute approximate surface area is 84.3 Å². The molecular formula is C8H6N6O. The molecule has 0 bridgehead atoms. The van der Waals surface area contributed by atoms with Crippen LogP contribution >= 0.6 is 0 Å². The standard InChI is InChI=1S/C8H6N6O/c9-1-4(7(10)15)5-6-8(13-2-11-5)14-3-12-6/h2-3H,(H2,10,15)(H,11,13)(H,12,14)/b5-4-. The second-order valence-electron chi connectivity index (χ2n) is 2.73. The van der Waals surface area contributed by atoms with Gasteiger partial charge in [-0.15, -0.1) is 0 Å². The van der Waals surface area contributed by atoms with Crippen molar-refractivity contribution in [2.75, 3.05) is 0 Å². The summed E-state index contributed by atoms with van der Waals surface area (Å²) in [6.07, 6.45) is 2.77. The van der Waals surface area contributed by atoms with Crippen molar-refractivity contribution in [2.45, 2.75) is 0 Å². The molecule has 7 nitrogen and oxygen atoms in total. The highest BCUT2D eigenvalue weighted by Gasteiger charge is 2.20. The molecule has 74 valence electrons. The topological polar surface area (TPSA) is 120 Å². The fourth-order valence-corrected chi connectivity index (χ4v) is 1.23. The number of nitrogens with zero attached hydrogens (tertiary/aromatic N) is 3. The minimum atomic E-state index is -0.796. The quantitative estimate of drug-likeness (QED) is 0.415. The molecule has 0 fully saturated rings. The number of nitrogens with one attached hydrogen (secondary N) is 2. The van der Waals surface area contributed by atoms with E-state index in [0.717, 1.165) is 0 Å². The second-order valence-corrected chi connectivity index (χ2v) is 2.73. The highest BCUT2D eigenvalue weighted by Crippen LogP contribution is 2.25. The molecule has 4 N–H and O–H groups in total. The van der Waals surface area contributed by atoms with E-state index in [-0.39, 0.29) is 5.57 Å². The fraction of sp³-hybridized carbons (Fsp3) is 0. The maximum Gasteiger partial charge on any atom is 0.261 e. The first-order valence-corrected chi connectivity index (χ1v) is 4.01. The summed E-state index contributed by atoms with van der Waals surface area (Å²) in [5.41, 5.74) is 5.68. The number of amides is 1. The maximum atomic E-state index is 11.0. The molecule has 2 heterocycles. The van der Waals surface area contributed by atoms with Gasteiger partial charge in [0.05, 0.1) is 18.4 Å². The molecule has 1 aliphatic rings. The Bertz CT molecular complexity index is 517. The zero-order valence-electron chi connectivity index (χ0n) is 7.48. The molecule has 7 heteroatoms. The number of nitrogens with two attached hydrogens (primary N) is 1. The number of fused-ring (bicyclic) bond motifs is 1. The molecule has 2 rings (SSSR count). The first-order chi connectivity index (χ1) is 7.24. The molecule has 1 amide bonds. The summed E-state index contributed by atoms with van der Waals surface area (Å²) in [6.45, 7) is 0. The summed E-state index contributed by atoms with van der Waals surface area (Å²) in [6, 6.07) is 1.74. The third-order valence-electron chi connectivity index (χ3n) is 1.87. The Morgan fingerprint density at radius 2 is 2.40 bits per heavy atom. The van der Waals surface area contributed by atoms with Crippen LogP contribution in [0.1, 0.15) is 5.69 Å². The number of imidazole rings is 1. The number of primary amides is 1. The Morgan fingerprint density at radius 3 is 3.07 bits per heavy atom. The van der Waals surface area contributed by atoms with Gasteiger partial charge in [0, 0.05) is 0 Å². The summed E-state index contributed by atoms with van der Waals surface area (Å²) in [7, 11) is 0. The number of carbonyl (C=O) groups excluding carboxylic acids is 1. The average Bonchev–Trinajstić information content (AvgIpc) is 2.66. The third-order valence-corrected chi connectivity index (χ3v) is 1.87. The van der Waals surface area contributed by atoms with Crippen molar-refractivity contribution in [3.63, 3.8) is 0 Å². The van der Waals surface area contributed by atoms with Crippen molar-refractivity contribution in [1.29, 1.82) is 5.26 Å². The molecule has 15 heavy (non-hydrogen) atoms. The van der Waals surface area contributed by atoms with Crippen LogP contribution in [0.15, 0.2) is 16.9 Å². The van der Waals surface area contributed by atoms with Gasteiger partial charge in [-0.1, -0.05) is 0 Å². The highest BCUT2D eigenvalue weighted by molar-refractivity contribution is 6.06. The molecular weight excluding hydrogens is 196 g/mol. The number of aliphatic imine (C=N–C) groups is 1. The Hall–Kier alpha value is -2.62. The third kappa shape index (κ3) is 1.34. The molecule has 1 aliphatic heterocycles. The van der Waals surface area contributed by atoms with Gasteiger partial charge in [0.25, 0.3) is 5.91 Å². The van der Waals surface area contributed by atoms with Crippen LogP contribution in [0.3, 0.4) is 0 Å². The van der Waals surface area contributed by atoms with Gasteiger partial charge in [0.15, 0.2) is 5.82 Å². The normalized spacial score (nSPS) is 16.2. The van der Waals surface area contributed by atoms with Crippen molar-refractivity contribution >= 4 is 23.8 Å². The number of nitriles is 1. The first kappa shape index (κ1) is 8.96. The molecule has 0 unspecified atom stereocenters. The van der Waals surface area contributed by atoms with E-state index in [1.165, 1.54) is 12.7 Å². The lowest BCUT2D eigenvalue weighted by atomic mass is 10.1. The zero-order chi connectivity index (χ0) is 10.8. The van der Waals surface area contributed by atoms with Crippen LogP contribution in [0, 0.1) is 11.3 Å². The van der Waals surface area contributed by atoms with Crippen LogP contribution in [0.2, 0.25) is 0 Å². The van der Waals surface area contributed by atoms with Gasteiger partial charge >= 0.3 is 0 Å². The van der Waals surface area contributed by atoms with E-state index >= 15 is 0 Å². The van der Waals surface area contributed by atoms with Gasteiger partial charge < -0.3 is 16.0 Å². The molecule has 1 aromatic rings. The van der Waals surface area contributed by atoms with Crippen LogP contribution < -0.4 is 11.1 Å². The molecule has 1 aromatic heterocycles. The van der Waals surface area contributed by atoms with Crippen LogP contribution in [0.5, 0.6) is 0 Å². The molecule has 0 aliphatic carbocycles. The second kappa shape index (κ2) is 3.26. The number of aromatic nitrogens is 2. The van der Waals surface area contributed by atoms with E-state index in [0.29, 0.717) is 17.2 Å². The van der Waals surface area contributed by atoms with E-state index in [1.807, 2.05) is 0 Å². The number of aromatic amines is 1. The van der Waals surface area contributed by atoms with Crippen LogP contribution in [-0.4, -0.2) is 22.2 Å². The molecule has 0 saturated heterocycles.